The van der Waals surface area contributed by atoms with Crippen LogP contribution in [0, 0.1) is 6.92 Å². The lowest BCUT2D eigenvalue weighted by molar-refractivity contribution is -0.912. The van der Waals surface area contributed by atoms with Crippen molar-refractivity contribution in [1.29, 1.82) is 0 Å². The molecule has 0 aliphatic heterocycles. The predicted octanol–water partition coefficient (Wildman–Crippen LogP) is 0.941. The van der Waals surface area contributed by atoms with Crippen LogP contribution in [0.25, 0.3) is 16.8 Å². The van der Waals surface area contributed by atoms with Crippen LogP contribution in [-0.2, 0) is 6.54 Å². The van der Waals surface area contributed by atoms with Crippen molar-refractivity contribution < 1.29 is 9.47 Å². The Morgan fingerprint density at radius 1 is 1.20 bits per heavy atom. The fourth-order valence-electron chi connectivity index (χ4n) is 3.01. The number of rotatable bonds is 5. The predicted molar refractivity (Wildman–Crippen MR) is 81.1 cm³/mol. The highest BCUT2D eigenvalue weighted by molar-refractivity contribution is 5.74. The molecule has 0 spiro atoms. The SMILES string of the molecule is CC[NH+](CC)CC[n+]1c2ccccc2n2cc(C)[nH]c21. The molecule has 0 bridgehead atoms. The molecule has 3 aromatic rings. The Morgan fingerprint density at radius 2 is 1.95 bits per heavy atom. The molecule has 4 nitrogen and oxygen atoms in total. The number of hydrogen-bond acceptors (Lipinski definition) is 0. The van der Waals surface area contributed by atoms with E-state index in [1.54, 1.807) is 4.90 Å². The number of nitrogens with zero attached hydrogens (tertiary/aromatic N) is 2. The molecule has 0 saturated carbocycles. The van der Waals surface area contributed by atoms with E-state index in [9.17, 15) is 0 Å². The molecule has 2 N–H and O–H groups in total. The monoisotopic (exact) mass is 272 g/mol. The van der Waals surface area contributed by atoms with E-state index in [4.69, 9.17) is 0 Å². The van der Waals surface area contributed by atoms with Crippen LogP contribution >= 0.6 is 0 Å². The number of para-hydroxylation sites is 2. The highest BCUT2D eigenvalue weighted by atomic mass is 15.2. The van der Waals surface area contributed by atoms with Gasteiger partial charge in [0.1, 0.15) is 36.0 Å². The third kappa shape index (κ3) is 2.10. The van der Waals surface area contributed by atoms with Gasteiger partial charge in [-0.05, 0) is 32.9 Å². The van der Waals surface area contributed by atoms with E-state index in [-0.39, 0.29) is 0 Å². The molecule has 3 rings (SSSR count). The van der Waals surface area contributed by atoms with Crippen molar-refractivity contribution in [2.45, 2.75) is 27.3 Å². The molecule has 0 atom stereocenters. The molecule has 0 radical (unpaired) electrons. The maximum atomic E-state index is 3.49. The Morgan fingerprint density at radius 3 is 2.70 bits per heavy atom. The Kier molecular flexibility index (Phi) is 3.49. The fraction of sp³-hybridized carbons (Fsp3) is 0.438. The van der Waals surface area contributed by atoms with Gasteiger partial charge >= 0.3 is 5.78 Å². The van der Waals surface area contributed by atoms with E-state index in [1.165, 1.54) is 42.1 Å². The Hall–Kier alpha value is -1.81. The molecule has 1 aromatic carbocycles. The van der Waals surface area contributed by atoms with E-state index in [0.29, 0.717) is 0 Å². The van der Waals surface area contributed by atoms with Crippen LogP contribution in [-0.4, -0.2) is 29.0 Å². The van der Waals surface area contributed by atoms with E-state index in [0.717, 1.165) is 6.54 Å². The number of fused-ring (bicyclic) bond motifs is 3. The number of nitrogens with one attached hydrogen (secondary N) is 2. The summed E-state index contributed by atoms with van der Waals surface area (Å²) in [6.45, 7) is 11.2. The van der Waals surface area contributed by atoms with Crippen LogP contribution in [0.3, 0.4) is 0 Å². The van der Waals surface area contributed by atoms with Crippen LogP contribution in [0.2, 0.25) is 0 Å². The van der Waals surface area contributed by atoms with E-state index in [1.807, 2.05) is 0 Å². The molecular formula is C16H24N4+2. The van der Waals surface area contributed by atoms with Gasteiger partial charge in [0.25, 0.3) is 0 Å². The summed E-state index contributed by atoms with van der Waals surface area (Å²) in [6.07, 6.45) is 2.18. The van der Waals surface area contributed by atoms with E-state index >= 15 is 0 Å². The second-order valence-electron chi connectivity index (χ2n) is 5.48. The number of likely N-dealkylation sites (N-methyl/N-ethyl adjacent to an activating group) is 1. The topological polar surface area (TPSA) is 28.5 Å². The normalized spacial score (nSPS) is 12.0. The zero-order chi connectivity index (χ0) is 14.1. The van der Waals surface area contributed by atoms with Gasteiger partial charge in [0.05, 0.1) is 13.1 Å². The third-order valence-corrected chi connectivity index (χ3v) is 4.24. The van der Waals surface area contributed by atoms with Gasteiger partial charge in [0, 0.05) is 0 Å². The summed E-state index contributed by atoms with van der Waals surface area (Å²) in [5.74, 6) is 1.19. The third-order valence-electron chi connectivity index (χ3n) is 4.24. The average molecular weight is 272 g/mol. The van der Waals surface area contributed by atoms with Crippen LogP contribution in [0.5, 0.6) is 0 Å². The van der Waals surface area contributed by atoms with E-state index < -0.39 is 0 Å². The van der Waals surface area contributed by atoms with Crippen molar-refractivity contribution in [3.8, 4) is 0 Å². The van der Waals surface area contributed by atoms with Gasteiger partial charge in [0.2, 0.25) is 0 Å². The summed E-state index contributed by atoms with van der Waals surface area (Å²) >= 11 is 0. The van der Waals surface area contributed by atoms with Gasteiger partial charge in [-0.2, -0.15) is 4.40 Å². The number of aryl methyl sites for hydroxylation is 1. The number of quaternary nitrogens is 1. The first kappa shape index (κ1) is 13.2. The van der Waals surface area contributed by atoms with Crippen LogP contribution in [0.1, 0.15) is 19.5 Å². The average Bonchev–Trinajstić information content (AvgIpc) is 2.97. The molecule has 0 unspecified atom stereocenters. The number of H-pyrrole nitrogens is 1. The largest absolute Gasteiger partial charge is 0.368 e. The molecule has 0 fully saturated rings. The van der Waals surface area contributed by atoms with Crippen molar-refractivity contribution in [2.24, 2.45) is 0 Å². The summed E-state index contributed by atoms with van der Waals surface area (Å²) in [5.41, 5.74) is 3.79. The summed E-state index contributed by atoms with van der Waals surface area (Å²) in [4.78, 5) is 5.14. The number of benzene rings is 1. The molecule has 0 aliphatic carbocycles. The number of hydrogen-bond donors (Lipinski definition) is 2. The first-order valence-corrected chi connectivity index (χ1v) is 7.56. The van der Waals surface area contributed by atoms with Gasteiger partial charge in [-0.25, -0.2) is 9.55 Å². The smallest absolute Gasteiger partial charge is 0.333 e. The molecule has 2 aromatic heterocycles. The number of aromatic nitrogens is 3. The molecule has 4 heteroatoms. The zero-order valence-corrected chi connectivity index (χ0v) is 12.6. The summed E-state index contributed by atoms with van der Waals surface area (Å²) in [5, 5.41) is 0. The minimum Gasteiger partial charge on any atom is -0.333 e. The summed E-state index contributed by atoms with van der Waals surface area (Å²) in [6, 6.07) is 8.63. The van der Waals surface area contributed by atoms with Crippen molar-refractivity contribution in [3.05, 3.63) is 36.2 Å². The molecule has 106 valence electrons. The minimum atomic E-state index is 1.05. The van der Waals surface area contributed by atoms with Crippen molar-refractivity contribution in [1.82, 2.24) is 9.38 Å². The standard InChI is InChI=1S/C16H22N4/c1-4-18(5-2)10-11-19-14-8-6-7-9-15(14)20-12-13(3)17-16(19)20/h6-9,12H,4-5,10-11H2,1-3H3/p+2. The molecule has 0 saturated heterocycles. The quantitative estimate of drug-likeness (QED) is 0.647. The molecule has 0 amide bonds. The van der Waals surface area contributed by atoms with Crippen molar-refractivity contribution >= 4 is 16.8 Å². The molecule has 0 aliphatic rings. The minimum absolute atomic E-state index is 1.05. The second-order valence-corrected chi connectivity index (χ2v) is 5.48. The Labute approximate surface area is 119 Å². The summed E-state index contributed by atoms with van der Waals surface area (Å²) < 4.78 is 4.68. The molecule has 2 heterocycles. The Balaban J connectivity index is 2.06. The first-order chi connectivity index (χ1) is 9.74. The fourth-order valence-corrected chi connectivity index (χ4v) is 3.01. The lowest BCUT2D eigenvalue weighted by Crippen LogP contribution is -3.12. The first-order valence-electron chi connectivity index (χ1n) is 7.56. The van der Waals surface area contributed by atoms with Gasteiger partial charge in [0.15, 0.2) is 0 Å². The number of aromatic amines is 1. The van der Waals surface area contributed by atoms with Crippen molar-refractivity contribution in [2.75, 3.05) is 19.6 Å². The molecule has 20 heavy (non-hydrogen) atoms. The summed E-state index contributed by atoms with van der Waals surface area (Å²) in [7, 11) is 0. The zero-order valence-electron chi connectivity index (χ0n) is 12.6. The highest BCUT2D eigenvalue weighted by Gasteiger charge is 2.20. The second kappa shape index (κ2) is 5.29. The van der Waals surface area contributed by atoms with Crippen LogP contribution < -0.4 is 9.47 Å². The molecular weight excluding hydrogens is 248 g/mol. The maximum Gasteiger partial charge on any atom is 0.368 e. The Bertz CT molecular complexity index is 719. The van der Waals surface area contributed by atoms with Gasteiger partial charge < -0.3 is 4.90 Å². The van der Waals surface area contributed by atoms with E-state index in [2.05, 4.69) is 65.2 Å². The lowest BCUT2D eigenvalue weighted by atomic mass is 10.3. The maximum absolute atomic E-state index is 3.49. The van der Waals surface area contributed by atoms with Crippen molar-refractivity contribution in [3.63, 3.8) is 0 Å². The van der Waals surface area contributed by atoms with Crippen LogP contribution in [0.15, 0.2) is 30.5 Å². The van der Waals surface area contributed by atoms with Crippen LogP contribution in [0.4, 0.5) is 0 Å². The van der Waals surface area contributed by atoms with Gasteiger partial charge in [-0.3, -0.25) is 0 Å². The van der Waals surface area contributed by atoms with Gasteiger partial charge in [-0.1, -0.05) is 12.1 Å². The lowest BCUT2D eigenvalue weighted by Gasteiger charge is -2.14. The number of imidazole rings is 2. The highest BCUT2D eigenvalue weighted by Crippen LogP contribution is 2.14. The van der Waals surface area contributed by atoms with Gasteiger partial charge in [-0.15, -0.1) is 0 Å².